The molecule has 1 aromatic carbocycles. The molecule has 0 unspecified atom stereocenters. The van der Waals surface area contributed by atoms with Crippen LogP contribution in [-0.4, -0.2) is 29.4 Å². The first-order valence-electron chi connectivity index (χ1n) is 7.08. The molecular weight excluding hydrogens is 394 g/mol. The molecule has 0 saturated heterocycles. The number of sulfone groups is 1. The normalized spacial score (nSPS) is 12.1. The summed E-state index contributed by atoms with van der Waals surface area (Å²) in [5.41, 5.74) is -0.469. The van der Waals surface area contributed by atoms with E-state index >= 15 is 0 Å². The summed E-state index contributed by atoms with van der Waals surface area (Å²) in [5.74, 6) is -2.33. The van der Waals surface area contributed by atoms with Crippen molar-refractivity contribution >= 4 is 21.2 Å². The monoisotopic (exact) mass is 405 g/mol. The molecule has 11 heteroatoms. The first-order valence-corrected chi connectivity index (χ1v) is 9.85. The third kappa shape index (κ3) is 3.36. The molecule has 0 N–H and O–H groups in total. The summed E-state index contributed by atoms with van der Waals surface area (Å²) < 4.78 is 78.5. The van der Waals surface area contributed by atoms with Crippen molar-refractivity contribution in [1.29, 1.82) is 0 Å². The molecule has 138 valence electrons. The molecule has 0 spiro atoms. The molecule has 0 aliphatic carbocycles. The van der Waals surface area contributed by atoms with Gasteiger partial charge in [-0.05, 0) is 19.1 Å². The summed E-state index contributed by atoms with van der Waals surface area (Å²) in [7, 11) is -4.00. The van der Waals surface area contributed by atoms with Gasteiger partial charge in [0, 0.05) is 23.4 Å². The number of nitrogens with zero attached hydrogens (tertiary/aromatic N) is 3. The molecule has 3 aromatic rings. The van der Waals surface area contributed by atoms with E-state index in [9.17, 15) is 26.0 Å². The number of aryl methyl sites for hydroxylation is 1. The minimum absolute atomic E-state index is 0.0452. The standard InChI is InChI=1S/C15H11F4N3O2S2/c1-7-6-25-15(20-7)12-5-10(14(18)19)21-22(12)11-3-9(17)13(4-8(11)16)26(2,23)24/h3-6,14H,1-2H3. The molecule has 0 saturated carbocycles. The van der Waals surface area contributed by atoms with Crippen LogP contribution in [-0.2, 0) is 9.84 Å². The van der Waals surface area contributed by atoms with Crippen LogP contribution in [0.25, 0.3) is 16.4 Å². The van der Waals surface area contributed by atoms with Crippen molar-refractivity contribution < 1.29 is 26.0 Å². The summed E-state index contributed by atoms with van der Waals surface area (Å²) in [6, 6.07) is 2.14. The smallest absolute Gasteiger partial charge is 0.240 e. The number of rotatable bonds is 4. The van der Waals surface area contributed by atoms with Crippen LogP contribution in [0.3, 0.4) is 0 Å². The second-order valence-corrected chi connectivity index (χ2v) is 8.31. The predicted molar refractivity (Wildman–Crippen MR) is 87.4 cm³/mol. The van der Waals surface area contributed by atoms with Crippen molar-refractivity contribution in [3.05, 3.63) is 46.6 Å². The van der Waals surface area contributed by atoms with Gasteiger partial charge >= 0.3 is 0 Å². The molecule has 0 aliphatic heterocycles. The van der Waals surface area contributed by atoms with Gasteiger partial charge in [0.05, 0.1) is 0 Å². The maximum absolute atomic E-state index is 14.5. The van der Waals surface area contributed by atoms with Crippen molar-refractivity contribution in [3.8, 4) is 16.4 Å². The number of hydrogen-bond acceptors (Lipinski definition) is 5. The van der Waals surface area contributed by atoms with E-state index in [-0.39, 0.29) is 10.7 Å². The number of hydrogen-bond donors (Lipinski definition) is 0. The molecule has 2 aromatic heterocycles. The van der Waals surface area contributed by atoms with Gasteiger partial charge in [-0.15, -0.1) is 11.3 Å². The molecular formula is C15H11F4N3O2S2. The van der Waals surface area contributed by atoms with Crippen LogP contribution in [0.5, 0.6) is 0 Å². The maximum Gasteiger partial charge on any atom is 0.282 e. The molecule has 2 heterocycles. The fourth-order valence-electron chi connectivity index (χ4n) is 2.28. The second kappa shape index (κ2) is 6.47. The Morgan fingerprint density at radius 2 is 1.85 bits per heavy atom. The molecule has 3 rings (SSSR count). The van der Waals surface area contributed by atoms with Gasteiger partial charge in [0.15, 0.2) is 9.84 Å². The van der Waals surface area contributed by atoms with E-state index in [0.29, 0.717) is 17.8 Å². The lowest BCUT2D eigenvalue weighted by atomic mass is 10.3. The minimum Gasteiger partial charge on any atom is -0.240 e. The summed E-state index contributed by atoms with van der Waals surface area (Å²) >= 11 is 1.13. The average molecular weight is 405 g/mol. The second-order valence-electron chi connectivity index (χ2n) is 5.47. The molecule has 5 nitrogen and oxygen atoms in total. The van der Waals surface area contributed by atoms with Gasteiger partial charge in [-0.3, -0.25) is 0 Å². The number of aromatic nitrogens is 3. The molecule has 26 heavy (non-hydrogen) atoms. The number of thiazole rings is 1. The van der Waals surface area contributed by atoms with Crippen LogP contribution in [0, 0.1) is 18.6 Å². The fraction of sp³-hybridized carbons (Fsp3) is 0.200. The fourth-order valence-corrected chi connectivity index (χ4v) is 3.81. The summed E-state index contributed by atoms with van der Waals surface area (Å²) in [6.45, 7) is 1.69. The summed E-state index contributed by atoms with van der Waals surface area (Å²) in [5, 5.41) is 5.59. The molecule has 0 atom stereocenters. The van der Waals surface area contributed by atoms with Crippen LogP contribution in [0.15, 0.2) is 28.5 Å². The summed E-state index contributed by atoms with van der Waals surface area (Å²) in [4.78, 5) is 3.32. The minimum atomic E-state index is -4.00. The van der Waals surface area contributed by atoms with Crippen LogP contribution < -0.4 is 0 Å². The predicted octanol–water partition coefficient (Wildman–Crippen LogP) is 3.92. The van der Waals surface area contributed by atoms with Crippen molar-refractivity contribution in [1.82, 2.24) is 14.8 Å². The third-order valence-corrected chi connectivity index (χ3v) is 5.51. The molecule has 0 aliphatic rings. The first-order chi connectivity index (χ1) is 12.1. The molecule has 0 radical (unpaired) electrons. The van der Waals surface area contributed by atoms with Crippen LogP contribution in [0.1, 0.15) is 17.8 Å². The van der Waals surface area contributed by atoms with E-state index in [1.165, 1.54) is 0 Å². The zero-order valence-corrected chi connectivity index (χ0v) is 15.0. The SMILES string of the molecule is Cc1csc(-c2cc(C(F)F)nn2-c2cc(F)c(S(C)(=O)=O)cc2F)n1. The van der Waals surface area contributed by atoms with Gasteiger partial charge in [-0.1, -0.05) is 0 Å². The van der Waals surface area contributed by atoms with Crippen molar-refractivity contribution in [2.75, 3.05) is 6.26 Å². The average Bonchev–Trinajstić information content (AvgIpc) is 3.14. The Labute approximate surface area is 149 Å². The van der Waals surface area contributed by atoms with Gasteiger partial charge in [-0.25, -0.2) is 35.6 Å². The number of halogens is 4. The van der Waals surface area contributed by atoms with E-state index < -0.39 is 44.2 Å². The first kappa shape index (κ1) is 18.5. The van der Waals surface area contributed by atoms with Gasteiger partial charge in [-0.2, -0.15) is 5.10 Å². The Kier molecular flexibility index (Phi) is 4.61. The highest BCUT2D eigenvalue weighted by atomic mass is 32.2. The number of benzene rings is 1. The lowest BCUT2D eigenvalue weighted by molar-refractivity contribution is 0.145. The topological polar surface area (TPSA) is 64.8 Å². The highest BCUT2D eigenvalue weighted by Crippen LogP contribution is 2.32. The van der Waals surface area contributed by atoms with Gasteiger partial charge in [0.2, 0.25) is 0 Å². The maximum atomic E-state index is 14.5. The highest BCUT2D eigenvalue weighted by molar-refractivity contribution is 7.90. The lowest BCUT2D eigenvalue weighted by Gasteiger charge is -2.09. The van der Waals surface area contributed by atoms with Gasteiger partial charge in [0.25, 0.3) is 6.43 Å². The third-order valence-electron chi connectivity index (χ3n) is 3.42. The lowest BCUT2D eigenvalue weighted by Crippen LogP contribution is -2.08. The van der Waals surface area contributed by atoms with E-state index in [1.54, 1.807) is 12.3 Å². The van der Waals surface area contributed by atoms with Gasteiger partial charge in [0.1, 0.15) is 38.6 Å². The van der Waals surface area contributed by atoms with Crippen molar-refractivity contribution in [3.63, 3.8) is 0 Å². The van der Waals surface area contributed by atoms with Gasteiger partial charge < -0.3 is 0 Å². The molecule has 0 fully saturated rings. The van der Waals surface area contributed by atoms with E-state index in [2.05, 4.69) is 10.1 Å². The Morgan fingerprint density at radius 1 is 1.15 bits per heavy atom. The van der Waals surface area contributed by atoms with Crippen LogP contribution >= 0.6 is 11.3 Å². The van der Waals surface area contributed by atoms with Crippen molar-refractivity contribution in [2.24, 2.45) is 0 Å². The zero-order valence-electron chi connectivity index (χ0n) is 13.4. The van der Waals surface area contributed by atoms with E-state index in [1.807, 2.05) is 0 Å². The zero-order chi connectivity index (χ0) is 19.2. The Balaban J connectivity index is 2.25. The largest absolute Gasteiger partial charge is 0.282 e. The Morgan fingerprint density at radius 3 is 2.38 bits per heavy atom. The van der Waals surface area contributed by atoms with E-state index in [0.717, 1.165) is 28.3 Å². The Hall–Kier alpha value is -2.27. The van der Waals surface area contributed by atoms with Crippen molar-refractivity contribution in [2.45, 2.75) is 18.2 Å². The molecule has 0 bridgehead atoms. The quantitative estimate of drug-likeness (QED) is 0.617. The van der Waals surface area contributed by atoms with Crippen LogP contribution in [0.2, 0.25) is 0 Å². The number of alkyl halides is 2. The molecule has 0 amide bonds. The Bertz CT molecular complexity index is 1090. The highest BCUT2D eigenvalue weighted by Gasteiger charge is 2.24. The summed E-state index contributed by atoms with van der Waals surface area (Å²) in [6.07, 6.45) is -2.20. The van der Waals surface area contributed by atoms with Crippen LogP contribution in [0.4, 0.5) is 17.6 Å². The van der Waals surface area contributed by atoms with E-state index in [4.69, 9.17) is 0 Å².